The van der Waals surface area contributed by atoms with Crippen LogP contribution in [0.2, 0.25) is 5.02 Å². The highest BCUT2D eigenvalue weighted by molar-refractivity contribution is 8.00. The summed E-state index contributed by atoms with van der Waals surface area (Å²) in [6.45, 7) is 2.04. The molecule has 1 rings (SSSR count). The molecule has 1 nitrogen and oxygen atoms in total. The Kier molecular flexibility index (Phi) is 4.33. The van der Waals surface area contributed by atoms with Crippen LogP contribution in [0.25, 0.3) is 0 Å². The molecule has 3 heteroatoms. The maximum atomic E-state index is 10.2. The summed E-state index contributed by atoms with van der Waals surface area (Å²) in [5, 5.41) is 1.08. The lowest BCUT2D eigenvalue weighted by atomic mass is 10.4. The molecule has 1 aromatic rings. The molecule has 0 saturated heterocycles. The molecule has 0 spiro atoms. The second-order valence-corrected chi connectivity index (χ2v) is 4.73. The third-order valence-corrected chi connectivity index (χ3v) is 2.97. The van der Waals surface area contributed by atoms with Crippen molar-refractivity contribution in [2.45, 2.75) is 23.5 Å². The number of halogens is 1. The molecule has 0 radical (unpaired) electrons. The number of hydrogen-bond acceptors (Lipinski definition) is 2. The monoisotopic (exact) mass is 214 g/mol. The van der Waals surface area contributed by atoms with Crippen molar-refractivity contribution in [3.05, 3.63) is 29.3 Å². The first-order valence-electron chi connectivity index (χ1n) is 4.08. The van der Waals surface area contributed by atoms with Gasteiger partial charge in [-0.15, -0.1) is 11.8 Å². The van der Waals surface area contributed by atoms with Crippen LogP contribution in [-0.4, -0.2) is 11.5 Å². The summed E-state index contributed by atoms with van der Waals surface area (Å²) in [5.74, 6) is 0. The maximum absolute atomic E-state index is 10.2. The van der Waals surface area contributed by atoms with Gasteiger partial charge in [-0.2, -0.15) is 0 Å². The minimum atomic E-state index is 0.332. The Balaban J connectivity index is 2.53. The number of hydrogen-bond donors (Lipinski definition) is 0. The normalized spacial score (nSPS) is 12.5. The zero-order valence-corrected chi connectivity index (χ0v) is 8.94. The number of carbonyl (C=O) groups excluding carboxylic acids is 1. The largest absolute Gasteiger partial charge is 0.303 e. The highest BCUT2D eigenvalue weighted by Gasteiger charge is 2.02. The smallest absolute Gasteiger partial charge is 0.121 e. The first-order valence-corrected chi connectivity index (χ1v) is 5.34. The summed E-state index contributed by atoms with van der Waals surface area (Å²) < 4.78 is 0. The predicted molar refractivity (Wildman–Crippen MR) is 57.5 cm³/mol. The number of benzene rings is 1. The summed E-state index contributed by atoms with van der Waals surface area (Å²) in [4.78, 5) is 11.4. The molecule has 0 saturated carbocycles. The van der Waals surface area contributed by atoms with Gasteiger partial charge in [0.1, 0.15) is 6.29 Å². The fourth-order valence-corrected chi connectivity index (χ4v) is 1.99. The van der Waals surface area contributed by atoms with E-state index in [0.29, 0.717) is 11.7 Å². The fraction of sp³-hybridized carbons (Fsp3) is 0.300. The molecule has 0 aliphatic heterocycles. The molecule has 0 N–H and O–H groups in total. The molecular formula is C10H11ClOS. The van der Waals surface area contributed by atoms with E-state index in [0.717, 1.165) is 16.2 Å². The molecular weight excluding hydrogens is 204 g/mol. The van der Waals surface area contributed by atoms with E-state index in [4.69, 9.17) is 11.6 Å². The summed E-state index contributed by atoms with van der Waals surface area (Å²) >= 11 is 7.43. The van der Waals surface area contributed by atoms with Gasteiger partial charge in [0.05, 0.1) is 0 Å². The quantitative estimate of drug-likeness (QED) is 0.565. The lowest BCUT2D eigenvalue weighted by Gasteiger charge is -2.06. The number of thioether (sulfide) groups is 1. The van der Waals surface area contributed by atoms with Crippen LogP contribution >= 0.6 is 23.4 Å². The number of rotatable bonds is 4. The van der Waals surface area contributed by atoms with Crippen molar-refractivity contribution in [2.75, 3.05) is 0 Å². The van der Waals surface area contributed by atoms with Crippen LogP contribution < -0.4 is 0 Å². The Hall–Kier alpha value is -0.470. The van der Waals surface area contributed by atoms with E-state index in [2.05, 4.69) is 0 Å². The summed E-state index contributed by atoms with van der Waals surface area (Å²) in [6, 6.07) is 7.65. The molecule has 0 amide bonds. The van der Waals surface area contributed by atoms with Gasteiger partial charge in [-0.1, -0.05) is 18.5 Å². The molecule has 70 valence electrons. The standard InChI is InChI=1S/C10H11ClOS/c1-8(6-7-12)13-10-4-2-9(11)3-5-10/h2-5,7-8H,6H2,1H3. The van der Waals surface area contributed by atoms with Crippen LogP contribution in [0.5, 0.6) is 0 Å². The van der Waals surface area contributed by atoms with Crippen LogP contribution in [0.1, 0.15) is 13.3 Å². The van der Waals surface area contributed by atoms with E-state index >= 15 is 0 Å². The highest BCUT2D eigenvalue weighted by Crippen LogP contribution is 2.25. The topological polar surface area (TPSA) is 17.1 Å². The molecule has 0 fully saturated rings. The van der Waals surface area contributed by atoms with Crippen molar-refractivity contribution in [2.24, 2.45) is 0 Å². The lowest BCUT2D eigenvalue weighted by Crippen LogP contribution is -1.95. The van der Waals surface area contributed by atoms with Gasteiger partial charge in [-0.05, 0) is 24.3 Å². The highest BCUT2D eigenvalue weighted by atomic mass is 35.5. The van der Waals surface area contributed by atoms with Crippen molar-refractivity contribution < 1.29 is 4.79 Å². The summed E-state index contributed by atoms with van der Waals surface area (Å²) in [7, 11) is 0. The summed E-state index contributed by atoms with van der Waals surface area (Å²) in [6.07, 6.45) is 1.54. The summed E-state index contributed by atoms with van der Waals surface area (Å²) in [5.41, 5.74) is 0. The fourth-order valence-electron chi connectivity index (χ4n) is 0.929. The average Bonchev–Trinajstić information content (AvgIpc) is 2.09. The SMILES string of the molecule is CC(CC=O)Sc1ccc(Cl)cc1. The zero-order valence-electron chi connectivity index (χ0n) is 7.37. The Morgan fingerprint density at radius 2 is 2.08 bits per heavy atom. The van der Waals surface area contributed by atoms with Gasteiger partial charge in [-0.3, -0.25) is 0 Å². The Labute approximate surface area is 87.5 Å². The predicted octanol–water partition coefficient (Wildman–Crippen LogP) is 3.41. The van der Waals surface area contributed by atoms with E-state index in [1.165, 1.54) is 0 Å². The first kappa shape index (κ1) is 10.6. The molecule has 1 aromatic carbocycles. The third kappa shape index (κ3) is 3.83. The first-order chi connectivity index (χ1) is 6.22. The second-order valence-electron chi connectivity index (χ2n) is 2.78. The zero-order chi connectivity index (χ0) is 9.68. The lowest BCUT2D eigenvalue weighted by molar-refractivity contribution is -0.107. The average molecular weight is 215 g/mol. The molecule has 0 heterocycles. The van der Waals surface area contributed by atoms with Gasteiger partial charge in [0.2, 0.25) is 0 Å². The Bertz CT molecular complexity index is 271. The van der Waals surface area contributed by atoms with E-state index in [1.54, 1.807) is 11.8 Å². The van der Waals surface area contributed by atoms with Crippen molar-refractivity contribution in [1.82, 2.24) is 0 Å². The van der Waals surface area contributed by atoms with Crippen LogP contribution in [0.15, 0.2) is 29.2 Å². The molecule has 0 aliphatic carbocycles. The second kappa shape index (κ2) is 5.30. The van der Waals surface area contributed by atoms with Crippen molar-refractivity contribution in [1.29, 1.82) is 0 Å². The third-order valence-electron chi connectivity index (χ3n) is 1.58. The minimum Gasteiger partial charge on any atom is -0.303 e. The number of aldehydes is 1. The van der Waals surface area contributed by atoms with Gasteiger partial charge < -0.3 is 4.79 Å². The molecule has 1 unspecified atom stereocenters. The van der Waals surface area contributed by atoms with Gasteiger partial charge in [-0.25, -0.2) is 0 Å². The van der Waals surface area contributed by atoms with Crippen LogP contribution in [0, 0.1) is 0 Å². The Morgan fingerprint density at radius 1 is 1.46 bits per heavy atom. The number of carbonyl (C=O) groups is 1. The van der Waals surface area contributed by atoms with Gasteiger partial charge in [0, 0.05) is 21.6 Å². The molecule has 13 heavy (non-hydrogen) atoms. The minimum absolute atomic E-state index is 0.332. The Morgan fingerprint density at radius 3 is 2.62 bits per heavy atom. The van der Waals surface area contributed by atoms with Gasteiger partial charge in [0.25, 0.3) is 0 Å². The van der Waals surface area contributed by atoms with E-state index < -0.39 is 0 Å². The van der Waals surface area contributed by atoms with Crippen molar-refractivity contribution >= 4 is 29.6 Å². The van der Waals surface area contributed by atoms with Crippen molar-refractivity contribution in [3.63, 3.8) is 0 Å². The molecule has 0 aromatic heterocycles. The van der Waals surface area contributed by atoms with Crippen LogP contribution in [-0.2, 0) is 4.79 Å². The van der Waals surface area contributed by atoms with E-state index in [-0.39, 0.29) is 0 Å². The van der Waals surface area contributed by atoms with Crippen LogP contribution in [0.3, 0.4) is 0 Å². The van der Waals surface area contributed by atoms with Gasteiger partial charge in [0.15, 0.2) is 0 Å². The van der Waals surface area contributed by atoms with Gasteiger partial charge >= 0.3 is 0 Å². The van der Waals surface area contributed by atoms with Crippen molar-refractivity contribution in [3.8, 4) is 0 Å². The van der Waals surface area contributed by atoms with E-state index in [1.807, 2.05) is 31.2 Å². The maximum Gasteiger partial charge on any atom is 0.121 e. The molecule has 0 aliphatic rings. The molecule has 0 bridgehead atoms. The van der Waals surface area contributed by atoms with E-state index in [9.17, 15) is 4.79 Å². The van der Waals surface area contributed by atoms with Crippen LogP contribution in [0.4, 0.5) is 0 Å². The molecule has 1 atom stereocenters.